The molecule has 112 valence electrons. The summed E-state index contributed by atoms with van der Waals surface area (Å²) in [5.74, 6) is -0.371. The minimum Gasteiger partial charge on any atom is -0.368 e. The van der Waals surface area contributed by atoms with Crippen molar-refractivity contribution in [1.82, 2.24) is 10.2 Å². The molecule has 0 radical (unpaired) electrons. The number of benzene rings is 1. The average Bonchev–Trinajstić information content (AvgIpc) is 2.43. The first-order valence-electron chi connectivity index (χ1n) is 6.98. The van der Waals surface area contributed by atoms with Crippen molar-refractivity contribution in [2.75, 3.05) is 26.2 Å². The van der Waals surface area contributed by atoms with Gasteiger partial charge in [0.2, 0.25) is 5.91 Å². The zero-order valence-electron chi connectivity index (χ0n) is 12.4. The lowest BCUT2D eigenvalue weighted by atomic mass is 9.91. The molecule has 1 unspecified atom stereocenters. The second-order valence-corrected chi connectivity index (χ2v) is 5.78. The van der Waals surface area contributed by atoms with E-state index in [2.05, 4.69) is 40.0 Å². The standard InChI is InChI=1S/C15H24BrN3O/c1-4-19(5-2)11-10-18-15(3,14(17)20)12-8-6-7-9-13(12)16/h6-9,18H,4-5,10-11H2,1-3H3,(H2,17,20). The Balaban J connectivity index is 2.83. The molecule has 4 nitrogen and oxygen atoms in total. The molecule has 3 N–H and O–H groups in total. The van der Waals surface area contributed by atoms with Crippen molar-refractivity contribution in [3.05, 3.63) is 34.3 Å². The summed E-state index contributed by atoms with van der Waals surface area (Å²) in [4.78, 5) is 14.2. The predicted molar refractivity (Wildman–Crippen MR) is 86.5 cm³/mol. The van der Waals surface area contributed by atoms with E-state index in [1.165, 1.54) is 0 Å². The van der Waals surface area contributed by atoms with Gasteiger partial charge in [0.25, 0.3) is 0 Å². The monoisotopic (exact) mass is 341 g/mol. The molecule has 0 aliphatic rings. The smallest absolute Gasteiger partial charge is 0.242 e. The fourth-order valence-electron chi connectivity index (χ4n) is 2.19. The number of carbonyl (C=O) groups excluding carboxylic acids is 1. The summed E-state index contributed by atoms with van der Waals surface area (Å²) >= 11 is 3.49. The first-order valence-corrected chi connectivity index (χ1v) is 7.77. The van der Waals surface area contributed by atoms with Gasteiger partial charge in [-0.3, -0.25) is 10.1 Å². The Morgan fingerprint density at radius 1 is 1.35 bits per heavy atom. The van der Waals surface area contributed by atoms with Gasteiger partial charge in [-0.25, -0.2) is 0 Å². The zero-order chi connectivity index (χ0) is 15.2. The summed E-state index contributed by atoms with van der Waals surface area (Å²) < 4.78 is 0.886. The number of primary amides is 1. The van der Waals surface area contributed by atoms with Crippen molar-refractivity contribution in [2.45, 2.75) is 26.3 Å². The molecule has 0 fully saturated rings. The Bertz CT molecular complexity index is 448. The van der Waals surface area contributed by atoms with Crippen LogP contribution < -0.4 is 11.1 Å². The summed E-state index contributed by atoms with van der Waals surface area (Å²) in [6, 6.07) is 7.67. The summed E-state index contributed by atoms with van der Waals surface area (Å²) in [7, 11) is 0. The highest BCUT2D eigenvalue weighted by Gasteiger charge is 2.34. The largest absolute Gasteiger partial charge is 0.368 e. The first kappa shape index (κ1) is 17.1. The van der Waals surface area contributed by atoms with E-state index in [0.29, 0.717) is 6.54 Å². The fourth-order valence-corrected chi connectivity index (χ4v) is 2.87. The van der Waals surface area contributed by atoms with Crippen LogP contribution >= 0.6 is 15.9 Å². The highest BCUT2D eigenvalue weighted by atomic mass is 79.9. The van der Waals surface area contributed by atoms with Crippen LogP contribution in [-0.2, 0) is 10.3 Å². The van der Waals surface area contributed by atoms with Crippen molar-refractivity contribution in [1.29, 1.82) is 0 Å². The number of nitrogens with two attached hydrogens (primary N) is 1. The summed E-state index contributed by atoms with van der Waals surface area (Å²) in [5.41, 5.74) is 5.62. The van der Waals surface area contributed by atoms with E-state index in [1.807, 2.05) is 31.2 Å². The van der Waals surface area contributed by atoms with Crippen LogP contribution in [0, 0.1) is 0 Å². The topological polar surface area (TPSA) is 58.4 Å². The van der Waals surface area contributed by atoms with Crippen LogP contribution in [0.25, 0.3) is 0 Å². The van der Waals surface area contributed by atoms with E-state index in [9.17, 15) is 4.79 Å². The number of hydrogen-bond donors (Lipinski definition) is 2. The molecule has 1 aromatic rings. The second kappa shape index (κ2) is 7.76. The Kier molecular flexibility index (Phi) is 6.65. The number of hydrogen-bond acceptors (Lipinski definition) is 3. The molecule has 20 heavy (non-hydrogen) atoms. The predicted octanol–water partition coefficient (Wildman–Crippen LogP) is 2.08. The van der Waals surface area contributed by atoms with Gasteiger partial charge in [-0.2, -0.15) is 0 Å². The van der Waals surface area contributed by atoms with Gasteiger partial charge >= 0.3 is 0 Å². The van der Waals surface area contributed by atoms with Crippen LogP contribution in [0.4, 0.5) is 0 Å². The fraction of sp³-hybridized carbons (Fsp3) is 0.533. The van der Waals surface area contributed by atoms with E-state index in [1.54, 1.807) is 0 Å². The second-order valence-electron chi connectivity index (χ2n) is 4.92. The first-order chi connectivity index (χ1) is 9.45. The number of carbonyl (C=O) groups is 1. The lowest BCUT2D eigenvalue weighted by Crippen LogP contribution is -2.52. The summed E-state index contributed by atoms with van der Waals surface area (Å²) in [6.07, 6.45) is 0. The SMILES string of the molecule is CCN(CC)CCNC(C)(C(N)=O)c1ccccc1Br. The Morgan fingerprint density at radius 3 is 2.45 bits per heavy atom. The van der Waals surface area contributed by atoms with Gasteiger partial charge in [-0.1, -0.05) is 48.0 Å². The van der Waals surface area contributed by atoms with Gasteiger partial charge in [0, 0.05) is 17.6 Å². The number of nitrogens with one attached hydrogen (secondary N) is 1. The lowest BCUT2D eigenvalue weighted by molar-refractivity contribution is -0.124. The molecule has 0 heterocycles. The van der Waals surface area contributed by atoms with Crippen molar-refractivity contribution in [3.8, 4) is 0 Å². The van der Waals surface area contributed by atoms with Crippen LogP contribution in [0.15, 0.2) is 28.7 Å². The van der Waals surface area contributed by atoms with Gasteiger partial charge in [-0.15, -0.1) is 0 Å². The molecule has 0 saturated heterocycles. The minimum atomic E-state index is -0.868. The minimum absolute atomic E-state index is 0.371. The van der Waals surface area contributed by atoms with Gasteiger partial charge in [-0.05, 0) is 31.6 Å². The third-order valence-electron chi connectivity index (χ3n) is 3.71. The van der Waals surface area contributed by atoms with Crippen molar-refractivity contribution in [3.63, 3.8) is 0 Å². The zero-order valence-corrected chi connectivity index (χ0v) is 14.0. The number of nitrogens with zero attached hydrogens (tertiary/aromatic N) is 1. The molecule has 0 aliphatic carbocycles. The number of amides is 1. The maximum atomic E-state index is 11.9. The normalized spacial score (nSPS) is 14.2. The summed E-state index contributed by atoms with van der Waals surface area (Å²) in [5, 5.41) is 3.31. The molecule has 1 rings (SSSR count). The maximum Gasteiger partial charge on any atom is 0.242 e. The Morgan fingerprint density at radius 2 is 1.95 bits per heavy atom. The van der Waals surface area contributed by atoms with Crippen molar-refractivity contribution in [2.24, 2.45) is 5.73 Å². The number of halogens is 1. The van der Waals surface area contributed by atoms with E-state index in [-0.39, 0.29) is 5.91 Å². The molecule has 0 bridgehead atoms. The molecular weight excluding hydrogens is 318 g/mol. The molecule has 0 aliphatic heterocycles. The van der Waals surface area contributed by atoms with Crippen molar-refractivity contribution >= 4 is 21.8 Å². The number of likely N-dealkylation sites (N-methyl/N-ethyl adjacent to an activating group) is 1. The van der Waals surface area contributed by atoms with Crippen molar-refractivity contribution < 1.29 is 4.79 Å². The Hall–Kier alpha value is -0.910. The van der Waals surface area contributed by atoms with E-state index in [0.717, 1.165) is 29.7 Å². The average molecular weight is 342 g/mol. The molecule has 0 aromatic heterocycles. The molecule has 1 amide bonds. The van der Waals surface area contributed by atoms with Gasteiger partial charge in [0.05, 0.1) is 0 Å². The molecular formula is C15H24BrN3O. The van der Waals surface area contributed by atoms with Gasteiger partial charge in [0.1, 0.15) is 5.54 Å². The molecule has 0 saturated carbocycles. The van der Waals surface area contributed by atoms with Crippen LogP contribution in [-0.4, -0.2) is 37.0 Å². The highest BCUT2D eigenvalue weighted by molar-refractivity contribution is 9.10. The van der Waals surface area contributed by atoms with Crippen LogP contribution in [0.5, 0.6) is 0 Å². The Labute approximate surface area is 129 Å². The highest BCUT2D eigenvalue weighted by Crippen LogP contribution is 2.27. The quantitative estimate of drug-likeness (QED) is 0.761. The third kappa shape index (κ3) is 4.04. The maximum absolute atomic E-state index is 11.9. The molecule has 1 atom stereocenters. The van der Waals surface area contributed by atoms with Crippen LogP contribution in [0.2, 0.25) is 0 Å². The molecule has 5 heteroatoms. The van der Waals surface area contributed by atoms with E-state index in [4.69, 9.17) is 5.73 Å². The number of rotatable bonds is 8. The summed E-state index contributed by atoms with van der Waals surface area (Å²) in [6.45, 7) is 9.69. The van der Waals surface area contributed by atoms with E-state index < -0.39 is 5.54 Å². The van der Waals surface area contributed by atoms with Gasteiger partial charge < -0.3 is 10.6 Å². The van der Waals surface area contributed by atoms with E-state index >= 15 is 0 Å². The molecule has 0 spiro atoms. The van der Waals surface area contributed by atoms with Crippen LogP contribution in [0.3, 0.4) is 0 Å². The lowest BCUT2D eigenvalue weighted by Gasteiger charge is -2.30. The van der Waals surface area contributed by atoms with Gasteiger partial charge in [0.15, 0.2) is 0 Å². The molecule has 1 aromatic carbocycles. The third-order valence-corrected chi connectivity index (χ3v) is 4.40. The van der Waals surface area contributed by atoms with Crippen LogP contribution in [0.1, 0.15) is 26.3 Å².